The quantitative estimate of drug-likeness (QED) is 0.632. The van der Waals surface area contributed by atoms with Crippen molar-refractivity contribution in [2.45, 2.75) is 43.6 Å². The third-order valence-electron chi connectivity index (χ3n) is 3.65. The summed E-state index contributed by atoms with van der Waals surface area (Å²) in [5, 5.41) is 0. The number of methoxy groups -OCH3 is 3. The molecule has 0 unspecified atom stereocenters. The van der Waals surface area contributed by atoms with E-state index in [-0.39, 0.29) is 12.1 Å². The van der Waals surface area contributed by atoms with Crippen LogP contribution in [-0.2, 0) is 18.9 Å². The molecule has 94 valence electrons. The molecule has 0 saturated carbocycles. The molecule has 5 heteroatoms. The van der Waals surface area contributed by atoms with Gasteiger partial charge in [0, 0.05) is 27.3 Å². The van der Waals surface area contributed by atoms with Gasteiger partial charge in [-0.05, 0) is 20.3 Å². The van der Waals surface area contributed by atoms with Crippen molar-refractivity contribution >= 4 is 7.85 Å². The summed E-state index contributed by atoms with van der Waals surface area (Å²) in [6.07, 6.45) is 0.865. The summed E-state index contributed by atoms with van der Waals surface area (Å²) in [4.78, 5) is 0. The lowest BCUT2D eigenvalue weighted by Gasteiger charge is -2.45. The topological polar surface area (TPSA) is 36.9 Å². The van der Waals surface area contributed by atoms with Crippen molar-refractivity contribution < 1.29 is 18.9 Å². The lowest BCUT2D eigenvalue weighted by atomic mass is 9.81. The van der Waals surface area contributed by atoms with E-state index in [1.165, 1.54) is 0 Å². The Bertz CT molecular complexity index is 234. The first kappa shape index (κ1) is 14.0. The first-order chi connectivity index (χ1) is 7.43. The van der Waals surface area contributed by atoms with Gasteiger partial charge in [0.2, 0.25) is 0 Å². The zero-order valence-corrected chi connectivity index (χ0v) is 11.2. The summed E-state index contributed by atoms with van der Waals surface area (Å²) >= 11 is 0. The summed E-state index contributed by atoms with van der Waals surface area (Å²) in [5.41, 5.74) is -0.987. The molecule has 0 spiro atoms. The zero-order valence-electron chi connectivity index (χ0n) is 11.2. The van der Waals surface area contributed by atoms with Crippen LogP contribution in [0.25, 0.3) is 0 Å². The molecule has 1 saturated heterocycles. The maximum absolute atomic E-state index is 6.07. The number of hydrogen-bond donors (Lipinski definition) is 0. The SMILES string of the molecule is B[C@H]1C[C@@H](OC)[C@](COC)(C(C)(C)OC)O1. The smallest absolute Gasteiger partial charge is 0.145 e. The van der Waals surface area contributed by atoms with Crippen molar-refractivity contribution in [3.05, 3.63) is 0 Å². The molecule has 0 radical (unpaired) electrons. The standard InChI is InChI=1S/C11H23BO4/c1-10(2,15-5)11(7-13-3)8(14-4)6-9(12)16-11/h8-9H,6-7,12H2,1-5H3/t8-,9-,11-/m1/s1. The van der Waals surface area contributed by atoms with Crippen LogP contribution in [0, 0.1) is 0 Å². The predicted molar refractivity (Wildman–Crippen MR) is 64.5 cm³/mol. The van der Waals surface area contributed by atoms with Crippen LogP contribution in [-0.4, -0.2) is 59.1 Å². The molecule has 0 aromatic heterocycles. The third-order valence-corrected chi connectivity index (χ3v) is 3.65. The van der Waals surface area contributed by atoms with Crippen LogP contribution in [0.5, 0.6) is 0 Å². The molecule has 1 heterocycles. The van der Waals surface area contributed by atoms with E-state index in [1.807, 2.05) is 13.8 Å². The molecule has 0 aromatic carbocycles. The fourth-order valence-electron chi connectivity index (χ4n) is 2.48. The van der Waals surface area contributed by atoms with Gasteiger partial charge in [0.05, 0.1) is 18.3 Å². The van der Waals surface area contributed by atoms with E-state index in [1.54, 1.807) is 21.3 Å². The zero-order chi connectivity index (χ0) is 12.4. The highest BCUT2D eigenvalue weighted by molar-refractivity contribution is 6.11. The van der Waals surface area contributed by atoms with Gasteiger partial charge in [0.25, 0.3) is 0 Å². The van der Waals surface area contributed by atoms with Crippen molar-refractivity contribution in [3.63, 3.8) is 0 Å². The minimum absolute atomic E-state index is 0.00241. The van der Waals surface area contributed by atoms with E-state index in [0.29, 0.717) is 6.61 Å². The maximum atomic E-state index is 6.07. The van der Waals surface area contributed by atoms with Gasteiger partial charge < -0.3 is 18.9 Å². The van der Waals surface area contributed by atoms with Gasteiger partial charge in [-0.3, -0.25) is 0 Å². The predicted octanol–water partition coefficient (Wildman–Crippen LogP) is 0.191. The number of hydrogen-bond acceptors (Lipinski definition) is 4. The van der Waals surface area contributed by atoms with Crippen molar-refractivity contribution in [2.24, 2.45) is 0 Å². The van der Waals surface area contributed by atoms with Crippen LogP contribution in [0.4, 0.5) is 0 Å². The summed E-state index contributed by atoms with van der Waals surface area (Å²) in [6.45, 7) is 4.49. The molecule has 1 fully saturated rings. The Balaban J connectivity index is 3.03. The average molecular weight is 230 g/mol. The van der Waals surface area contributed by atoms with Crippen molar-refractivity contribution in [1.82, 2.24) is 0 Å². The van der Waals surface area contributed by atoms with Gasteiger partial charge >= 0.3 is 0 Å². The highest BCUT2D eigenvalue weighted by Crippen LogP contribution is 2.41. The monoisotopic (exact) mass is 230 g/mol. The molecule has 1 aliphatic rings. The van der Waals surface area contributed by atoms with Crippen molar-refractivity contribution in [1.29, 1.82) is 0 Å². The molecular formula is C11H23BO4. The Kier molecular flexibility index (Phi) is 4.40. The van der Waals surface area contributed by atoms with Gasteiger partial charge in [-0.2, -0.15) is 0 Å². The fourth-order valence-corrected chi connectivity index (χ4v) is 2.48. The third kappa shape index (κ3) is 2.14. The Morgan fingerprint density at radius 3 is 2.44 bits per heavy atom. The first-order valence-corrected chi connectivity index (χ1v) is 5.68. The van der Waals surface area contributed by atoms with E-state index in [2.05, 4.69) is 7.85 Å². The van der Waals surface area contributed by atoms with Gasteiger partial charge in [-0.25, -0.2) is 0 Å². The summed E-state index contributed by atoms with van der Waals surface area (Å²) in [6, 6.07) is 0.162. The Morgan fingerprint density at radius 1 is 1.38 bits per heavy atom. The highest BCUT2D eigenvalue weighted by Gasteiger charge is 2.57. The first-order valence-electron chi connectivity index (χ1n) is 5.68. The van der Waals surface area contributed by atoms with Crippen molar-refractivity contribution in [3.8, 4) is 0 Å². The van der Waals surface area contributed by atoms with E-state index < -0.39 is 11.2 Å². The Labute approximate surface area is 99.0 Å². The molecule has 1 rings (SSSR count). The minimum atomic E-state index is -0.537. The van der Waals surface area contributed by atoms with Crippen LogP contribution in [0.15, 0.2) is 0 Å². The molecule has 16 heavy (non-hydrogen) atoms. The summed E-state index contributed by atoms with van der Waals surface area (Å²) in [7, 11) is 7.13. The second-order valence-corrected chi connectivity index (χ2v) is 4.93. The second-order valence-electron chi connectivity index (χ2n) is 4.93. The molecule has 0 aliphatic carbocycles. The van der Waals surface area contributed by atoms with Crippen LogP contribution in [0.3, 0.4) is 0 Å². The molecule has 3 atom stereocenters. The largest absolute Gasteiger partial charge is 0.381 e. The van der Waals surface area contributed by atoms with E-state index in [4.69, 9.17) is 18.9 Å². The van der Waals surface area contributed by atoms with E-state index in [0.717, 1.165) is 6.42 Å². The molecule has 0 N–H and O–H groups in total. The molecule has 0 bridgehead atoms. The second kappa shape index (κ2) is 5.04. The van der Waals surface area contributed by atoms with E-state index in [9.17, 15) is 0 Å². The van der Waals surface area contributed by atoms with Gasteiger partial charge in [-0.1, -0.05) is 0 Å². The molecular weight excluding hydrogens is 207 g/mol. The normalized spacial score (nSPS) is 35.6. The van der Waals surface area contributed by atoms with Crippen LogP contribution >= 0.6 is 0 Å². The lowest BCUT2D eigenvalue weighted by molar-refractivity contribution is -0.219. The fraction of sp³-hybridized carbons (Fsp3) is 1.00. The van der Waals surface area contributed by atoms with Crippen LogP contribution < -0.4 is 0 Å². The average Bonchev–Trinajstić information content (AvgIpc) is 2.57. The van der Waals surface area contributed by atoms with Gasteiger partial charge in [0.15, 0.2) is 0 Å². The number of ether oxygens (including phenoxy) is 4. The summed E-state index contributed by atoms with van der Waals surface area (Å²) in [5.74, 6) is 0. The molecule has 0 aromatic rings. The molecule has 1 aliphatic heterocycles. The van der Waals surface area contributed by atoms with E-state index >= 15 is 0 Å². The molecule has 0 amide bonds. The minimum Gasteiger partial charge on any atom is -0.381 e. The Hall–Kier alpha value is -0.0951. The lowest BCUT2D eigenvalue weighted by Crippen LogP contribution is -2.61. The van der Waals surface area contributed by atoms with Crippen LogP contribution in [0.2, 0.25) is 0 Å². The number of rotatable bonds is 5. The summed E-state index contributed by atoms with van der Waals surface area (Å²) < 4.78 is 22.5. The van der Waals surface area contributed by atoms with Gasteiger partial charge in [0.1, 0.15) is 13.4 Å². The molecule has 4 nitrogen and oxygen atoms in total. The van der Waals surface area contributed by atoms with Crippen LogP contribution in [0.1, 0.15) is 20.3 Å². The van der Waals surface area contributed by atoms with Crippen molar-refractivity contribution in [2.75, 3.05) is 27.9 Å². The maximum Gasteiger partial charge on any atom is 0.145 e. The highest BCUT2D eigenvalue weighted by atomic mass is 16.6. The van der Waals surface area contributed by atoms with Gasteiger partial charge in [-0.15, -0.1) is 0 Å². The Morgan fingerprint density at radius 2 is 2.00 bits per heavy atom.